The summed E-state index contributed by atoms with van der Waals surface area (Å²) >= 11 is 0. The summed E-state index contributed by atoms with van der Waals surface area (Å²) in [4.78, 5) is 68.8. The molecule has 14 heteroatoms. The number of hydrogen-bond acceptors (Lipinski definition) is 8. The van der Waals surface area contributed by atoms with E-state index in [1.54, 1.807) is 30.3 Å². The van der Waals surface area contributed by atoms with Gasteiger partial charge in [0.05, 0.1) is 12.4 Å². The average molecular weight is 560 g/mol. The number of carboxylic acids is 2. The van der Waals surface area contributed by atoms with Gasteiger partial charge < -0.3 is 42.6 Å². The number of aromatic amines is 1. The fraction of sp³-hybridized carbons (Fsp3) is 0.462. The molecule has 0 saturated heterocycles. The molecule has 4 unspecified atom stereocenters. The largest absolute Gasteiger partial charge is 0.481 e. The van der Waals surface area contributed by atoms with Gasteiger partial charge in [-0.05, 0) is 37.8 Å². The molecule has 1 heterocycles. The van der Waals surface area contributed by atoms with Crippen LogP contribution in [-0.4, -0.2) is 80.6 Å². The quantitative estimate of drug-likeness (QED) is 0.104. The summed E-state index contributed by atoms with van der Waals surface area (Å²) < 4.78 is 0. The number of unbranched alkanes of at least 4 members (excludes halogenated alkanes) is 1. The molecule has 3 amide bonds. The van der Waals surface area contributed by atoms with Crippen LogP contribution in [0.1, 0.15) is 43.4 Å². The van der Waals surface area contributed by atoms with Crippen molar-refractivity contribution in [3.63, 3.8) is 0 Å². The highest BCUT2D eigenvalue weighted by atomic mass is 16.4. The molecule has 0 spiro atoms. The number of aliphatic carboxylic acids is 2. The average Bonchev–Trinajstić information content (AvgIpc) is 3.43. The third kappa shape index (κ3) is 11.2. The number of rotatable bonds is 18. The predicted octanol–water partition coefficient (Wildman–Crippen LogP) is -0.945. The first kappa shape index (κ1) is 31.9. The van der Waals surface area contributed by atoms with Crippen LogP contribution in [0.4, 0.5) is 0 Å². The Morgan fingerprint density at radius 3 is 2.10 bits per heavy atom. The van der Waals surface area contributed by atoms with Gasteiger partial charge in [-0.15, -0.1) is 0 Å². The van der Waals surface area contributed by atoms with E-state index in [0.717, 1.165) is 0 Å². The molecule has 0 aliphatic carbocycles. The number of nitrogens with zero attached hydrogens (tertiary/aromatic N) is 1. The van der Waals surface area contributed by atoms with Crippen LogP contribution in [-0.2, 0) is 36.8 Å². The molecule has 218 valence electrons. The monoisotopic (exact) mass is 559 g/mol. The van der Waals surface area contributed by atoms with Gasteiger partial charge in [0.15, 0.2) is 0 Å². The van der Waals surface area contributed by atoms with Gasteiger partial charge in [-0.25, -0.2) is 9.78 Å². The topological polar surface area (TPSA) is 243 Å². The van der Waals surface area contributed by atoms with Gasteiger partial charge in [0.1, 0.15) is 18.1 Å². The van der Waals surface area contributed by atoms with Crippen molar-refractivity contribution in [1.82, 2.24) is 25.9 Å². The Morgan fingerprint density at radius 2 is 1.50 bits per heavy atom. The Balaban J connectivity index is 2.19. The van der Waals surface area contributed by atoms with Crippen molar-refractivity contribution in [2.45, 2.75) is 69.1 Å². The molecule has 1 aromatic carbocycles. The molecule has 0 aliphatic rings. The summed E-state index contributed by atoms with van der Waals surface area (Å²) in [6.07, 6.45) is 3.54. The molecule has 40 heavy (non-hydrogen) atoms. The standard InChI is InChI=1S/C26H37N7O7/c27-11-5-4-8-20(26(39)40)32-25(38)21(12-16-6-2-1-3-7-16)33-24(37)19(9-10-22(34)35)31-23(36)18(28)13-17-14-29-15-30-17/h1-3,6-7,14-15,18-21H,4-5,8-13,27-28H2,(H,29,30)(H,31,36)(H,32,38)(H,33,37)(H,34,35)(H,39,40). The minimum Gasteiger partial charge on any atom is -0.481 e. The lowest BCUT2D eigenvalue weighted by Crippen LogP contribution is -2.57. The first-order valence-corrected chi connectivity index (χ1v) is 12.9. The maximum atomic E-state index is 13.3. The van der Waals surface area contributed by atoms with E-state index in [1.165, 1.54) is 12.5 Å². The molecule has 14 nitrogen and oxygen atoms in total. The minimum atomic E-state index is -1.32. The fourth-order valence-electron chi connectivity index (χ4n) is 3.90. The smallest absolute Gasteiger partial charge is 0.326 e. The van der Waals surface area contributed by atoms with Crippen LogP contribution in [0, 0.1) is 0 Å². The van der Waals surface area contributed by atoms with Crippen molar-refractivity contribution in [2.24, 2.45) is 11.5 Å². The van der Waals surface area contributed by atoms with Gasteiger partial charge in [0, 0.05) is 31.2 Å². The van der Waals surface area contributed by atoms with Crippen molar-refractivity contribution >= 4 is 29.7 Å². The van der Waals surface area contributed by atoms with Crippen molar-refractivity contribution in [2.75, 3.05) is 6.54 Å². The Bertz CT molecular complexity index is 1110. The van der Waals surface area contributed by atoms with Gasteiger partial charge in [-0.2, -0.15) is 0 Å². The zero-order valence-electron chi connectivity index (χ0n) is 22.0. The Labute approximate surface area is 231 Å². The van der Waals surface area contributed by atoms with E-state index >= 15 is 0 Å². The van der Waals surface area contributed by atoms with E-state index in [1.807, 2.05) is 0 Å². The van der Waals surface area contributed by atoms with Crippen LogP contribution in [0.2, 0.25) is 0 Å². The third-order valence-electron chi connectivity index (χ3n) is 6.09. The molecule has 10 N–H and O–H groups in total. The van der Waals surface area contributed by atoms with E-state index in [-0.39, 0.29) is 25.7 Å². The van der Waals surface area contributed by atoms with Crippen LogP contribution in [0.5, 0.6) is 0 Å². The molecule has 2 rings (SSSR count). The van der Waals surface area contributed by atoms with Crippen LogP contribution < -0.4 is 27.4 Å². The molecule has 0 bridgehead atoms. The van der Waals surface area contributed by atoms with Crippen LogP contribution in [0.15, 0.2) is 42.9 Å². The number of nitrogens with one attached hydrogen (secondary N) is 4. The number of hydrogen-bond donors (Lipinski definition) is 8. The van der Waals surface area contributed by atoms with Crippen molar-refractivity contribution in [3.05, 3.63) is 54.1 Å². The number of amides is 3. The van der Waals surface area contributed by atoms with E-state index in [2.05, 4.69) is 25.9 Å². The summed E-state index contributed by atoms with van der Waals surface area (Å²) in [5.74, 6) is -4.66. The first-order valence-electron chi connectivity index (χ1n) is 12.9. The lowest BCUT2D eigenvalue weighted by Gasteiger charge is -2.25. The number of H-pyrrole nitrogens is 1. The van der Waals surface area contributed by atoms with E-state index in [4.69, 9.17) is 16.6 Å². The summed E-state index contributed by atoms with van der Waals surface area (Å²) in [6.45, 7) is 0.377. The normalized spacial score (nSPS) is 13.8. The van der Waals surface area contributed by atoms with Crippen LogP contribution in [0.25, 0.3) is 0 Å². The zero-order chi connectivity index (χ0) is 29.5. The van der Waals surface area contributed by atoms with Gasteiger partial charge in [0.25, 0.3) is 0 Å². The zero-order valence-corrected chi connectivity index (χ0v) is 22.0. The summed E-state index contributed by atoms with van der Waals surface area (Å²) in [7, 11) is 0. The lowest BCUT2D eigenvalue weighted by molar-refractivity contribution is -0.142. The van der Waals surface area contributed by atoms with Crippen molar-refractivity contribution in [3.8, 4) is 0 Å². The van der Waals surface area contributed by atoms with Crippen LogP contribution >= 0.6 is 0 Å². The number of nitrogens with two attached hydrogens (primary N) is 2. The fourth-order valence-corrected chi connectivity index (χ4v) is 3.90. The highest BCUT2D eigenvalue weighted by Crippen LogP contribution is 2.08. The lowest BCUT2D eigenvalue weighted by atomic mass is 10.0. The Morgan fingerprint density at radius 1 is 0.850 bits per heavy atom. The molecule has 0 fully saturated rings. The Hall–Kier alpha value is -4.30. The molecule has 1 aromatic heterocycles. The predicted molar refractivity (Wildman–Crippen MR) is 144 cm³/mol. The van der Waals surface area contributed by atoms with Crippen molar-refractivity contribution in [1.29, 1.82) is 0 Å². The molecule has 0 saturated carbocycles. The van der Waals surface area contributed by atoms with Crippen molar-refractivity contribution < 1.29 is 34.2 Å². The first-order chi connectivity index (χ1) is 19.1. The minimum absolute atomic E-state index is 0.0203. The molecule has 4 atom stereocenters. The highest BCUT2D eigenvalue weighted by Gasteiger charge is 2.31. The second-order valence-electron chi connectivity index (χ2n) is 9.32. The third-order valence-corrected chi connectivity index (χ3v) is 6.09. The molecular formula is C26H37N7O7. The van der Waals surface area contributed by atoms with Gasteiger partial charge in [-0.3, -0.25) is 19.2 Å². The summed E-state index contributed by atoms with van der Waals surface area (Å²) in [5.41, 5.74) is 12.7. The number of aromatic nitrogens is 2. The Kier molecular flexibility index (Phi) is 13.3. The summed E-state index contributed by atoms with van der Waals surface area (Å²) in [6, 6.07) is 3.95. The van der Waals surface area contributed by atoms with Gasteiger partial charge >= 0.3 is 11.9 Å². The maximum Gasteiger partial charge on any atom is 0.326 e. The number of carbonyl (C=O) groups is 5. The second-order valence-corrected chi connectivity index (χ2v) is 9.32. The number of carboxylic acid groups (broad SMARTS) is 2. The summed E-state index contributed by atoms with van der Waals surface area (Å²) in [5, 5.41) is 26.2. The molecular weight excluding hydrogens is 522 g/mol. The van der Waals surface area contributed by atoms with Crippen LogP contribution in [0.3, 0.4) is 0 Å². The molecule has 0 aliphatic heterocycles. The molecule has 0 radical (unpaired) electrons. The number of carbonyl (C=O) groups excluding carboxylic acids is 3. The van der Waals surface area contributed by atoms with Gasteiger partial charge in [0.2, 0.25) is 17.7 Å². The van der Waals surface area contributed by atoms with E-state index in [0.29, 0.717) is 30.6 Å². The van der Waals surface area contributed by atoms with E-state index < -0.39 is 60.2 Å². The highest BCUT2D eigenvalue weighted by molar-refractivity contribution is 5.94. The number of benzene rings is 1. The number of imidazole rings is 1. The maximum absolute atomic E-state index is 13.3. The van der Waals surface area contributed by atoms with Gasteiger partial charge in [-0.1, -0.05) is 30.3 Å². The molecule has 2 aromatic rings. The SMILES string of the molecule is NCCCCC(NC(=O)C(Cc1ccccc1)NC(=O)C(CCC(=O)O)NC(=O)C(N)Cc1cnc[nH]1)C(=O)O. The van der Waals surface area contributed by atoms with E-state index in [9.17, 15) is 29.1 Å². The second kappa shape index (κ2) is 16.6.